The first kappa shape index (κ1) is 25.0. The van der Waals surface area contributed by atoms with Gasteiger partial charge in [0.2, 0.25) is 23.6 Å². The molecule has 0 unspecified atom stereocenters. The van der Waals surface area contributed by atoms with Crippen molar-refractivity contribution in [2.45, 2.75) is 31.3 Å². The predicted molar refractivity (Wildman–Crippen MR) is 134 cm³/mol. The number of hydrogen-bond donors (Lipinski definition) is 3. The summed E-state index contributed by atoms with van der Waals surface area (Å²) in [6.07, 6.45) is 0.166. The van der Waals surface area contributed by atoms with Gasteiger partial charge in [-0.25, -0.2) is 0 Å². The van der Waals surface area contributed by atoms with Crippen LogP contribution in [0.2, 0.25) is 5.02 Å². The van der Waals surface area contributed by atoms with Crippen LogP contribution in [0.25, 0.3) is 0 Å². The molecule has 4 N–H and O–H groups in total. The fourth-order valence-electron chi connectivity index (χ4n) is 5.98. The van der Waals surface area contributed by atoms with Gasteiger partial charge in [-0.05, 0) is 48.7 Å². The third-order valence-electron chi connectivity index (χ3n) is 7.57. The Morgan fingerprint density at radius 2 is 1.84 bits per heavy atom. The van der Waals surface area contributed by atoms with Crippen LogP contribution in [0.3, 0.4) is 0 Å². The standard InChI is InChI=1S/C26H27ClN4O6/c1-12-8-14(27)10-15-22(12)29-25(35)26(15)21-20(16(30-26)11-19(28)32)23(33)31(24(21)34)7-6-13-4-5-17(36-2)18(9-13)37-3/h4-5,8-10,16,20-21,30H,6-7,11H2,1-3H3,(H2,28,32)(H,29,35)/t16-,20-,21-,26-/m1/s1. The minimum absolute atomic E-state index is 0.0998. The Morgan fingerprint density at radius 3 is 2.51 bits per heavy atom. The maximum atomic E-state index is 13.9. The van der Waals surface area contributed by atoms with E-state index in [1.807, 2.05) is 6.07 Å². The van der Waals surface area contributed by atoms with Crippen LogP contribution < -0.4 is 25.8 Å². The van der Waals surface area contributed by atoms with Crippen LogP contribution >= 0.6 is 11.6 Å². The molecule has 4 amide bonds. The molecular weight excluding hydrogens is 500 g/mol. The third-order valence-corrected chi connectivity index (χ3v) is 7.79. The van der Waals surface area contributed by atoms with Crippen molar-refractivity contribution >= 4 is 40.9 Å². The van der Waals surface area contributed by atoms with Crippen molar-refractivity contribution in [2.24, 2.45) is 17.6 Å². The van der Waals surface area contributed by atoms with Gasteiger partial charge in [-0.3, -0.25) is 29.4 Å². The molecule has 2 aromatic carbocycles. The van der Waals surface area contributed by atoms with Crippen molar-refractivity contribution in [1.82, 2.24) is 10.2 Å². The molecule has 0 bridgehead atoms. The zero-order valence-electron chi connectivity index (χ0n) is 20.6. The molecule has 0 saturated carbocycles. The zero-order valence-corrected chi connectivity index (χ0v) is 21.3. The lowest BCUT2D eigenvalue weighted by Crippen LogP contribution is -2.53. The Hall–Kier alpha value is -3.63. The lowest BCUT2D eigenvalue weighted by Gasteiger charge is -2.29. The number of benzene rings is 2. The number of amides is 4. The number of carbonyl (C=O) groups excluding carboxylic acids is 4. The van der Waals surface area contributed by atoms with E-state index in [9.17, 15) is 19.2 Å². The van der Waals surface area contributed by atoms with Gasteiger partial charge in [0.1, 0.15) is 5.54 Å². The average Bonchev–Trinajstić information content (AvgIpc) is 3.42. The van der Waals surface area contributed by atoms with E-state index in [2.05, 4.69) is 10.6 Å². The molecule has 4 atom stereocenters. The number of nitrogens with two attached hydrogens (primary N) is 1. The monoisotopic (exact) mass is 526 g/mol. The highest BCUT2D eigenvalue weighted by Gasteiger charge is 2.70. The fourth-order valence-corrected chi connectivity index (χ4v) is 6.26. The Labute approximate surface area is 218 Å². The molecule has 3 aliphatic rings. The number of nitrogens with zero attached hydrogens (tertiary/aromatic N) is 1. The Bertz CT molecular complexity index is 1350. The SMILES string of the molecule is COc1ccc(CCN2C(=O)[C@@H]3[C@@H](CC(N)=O)N[C@@]4(C(=O)Nc5c(C)cc(Cl)cc54)[C@H]3C2=O)cc1OC. The molecular formula is C26H27ClN4O6. The molecule has 2 fully saturated rings. The third kappa shape index (κ3) is 3.74. The maximum absolute atomic E-state index is 13.9. The number of anilines is 1. The first-order chi connectivity index (χ1) is 17.6. The van der Waals surface area contributed by atoms with Gasteiger partial charge < -0.3 is 20.5 Å². The van der Waals surface area contributed by atoms with Crippen molar-refractivity contribution in [3.05, 3.63) is 52.0 Å². The van der Waals surface area contributed by atoms with Gasteiger partial charge in [0.15, 0.2) is 11.5 Å². The normalized spacial score (nSPS) is 25.9. The second-order valence-electron chi connectivity index (χ2n) is 9.60. The van der Waals surface area contributed by atoms with Crippen LogP contribution in [-0.2, 0) is 31.1 Å². The van der Waals surface area contributed by atoms with Crippen LogP contribution in [0.5, 0.6) is 11.5 Å². The lowest BCUT2D eigenvalue weighted by molar-refractivity contribution is -0.142. The van der Waals surface area contributed by atoms with Gasteiger partial charge >= 0.3 is 0 Å². The maximum Gasteiger partial charge on any atom is 0.250 e. The Balaban J connectivity index is 1.51. The minimum Gasteiger partial charge on any atom is -0.493 e. The number of rotatable bonds is 7. The Morgan fingerprint density at radius 1 is 1.11 bits per heavy atom. The summed E-state index contributed by atoms with van der Waals surface area (Å²) in [6.45, 7) is 1.90. The predicted octanol–water partition coefficient (Wildman–Crippen LogP) is 1.50. The van der Waals surface area contributed by atoms with E-state index >= 15 is 0 Å². The summed E-state index contributed by atoms with van der Waals surface area (Å²) < 4.78 is 10.6. The van der Waals surface area contributed by atoms with Gasteiger partial charge in [-0.15, -0.1) is 0 Å². The largest absolute Gasteiger partial charge is 0.493 e. The summed E-state index contributed by atoms with van der Waals surface area (Å²) >= 11 is 6.34. The topological polar surface area (TPSA) is 140 Å². The van der Waals surface area contributed by atoms with Crippen molar-refractivity contribution in [3.63, 3.8) is 0 Å². The molecule has 2 saturated heterocycles. The van der Waals surface area contributed by atoms with Gasteiger partial charge in [-0.2, -0.15) is 0 Å². The second-order valence-corrected chi connectivity index (χ2v) is 10.0. The smallest absolute Gasteiger partial charge is 0.250 e. The Kier molecular flexibility index (Phi) is 6.12. The molecule has 3 aliphatic heterocycles. The van der Waals surface area contributed by atoms with E-state index in [1.165, 1.54) is 19.1 Å². The molecule has 3 heterocycles. The number of likely N-dealkylation sites (tertiary alicyclic amines) is 1. The minimum atomic E-state index is -1.54. The first-order valence-electron chi connectivity index (χ1n) is 11.9. The van der Waals surface area contributed by atoms with Gasteiger partial charge in [0, 0.05) is 35.3 Å². The summed E-state index contributed by atoms with van der Waals surface area (Å²) in [4.78, 5) is 54.1. The second kappa shape index (κ2) is 9.04. The summed E-state index contributed by atoms with van der Waals surface area (Å²) in [5.74, 6) is -2.89. The van der Waals surface area contributed by atoms with E-state index in [1.54, 1.807) is 31.2 Å². The number of hydrogen-bond acceptors (Lipinski definition) is 7. The molecule has 5 rings (SSSR count). The van der Waals surface area contributed by atoms with Crippen molar-refractivity contribution in [3.8, 4) is 11.5 Å². The number of primary amides is 1. The number of methoxy groups -OCH3 is 2. The summed E-state index contributed by atoms with van der Waals surface area (Å²) in [5.41, 5.74) is 6.55. The lowest BCUT2D eigenvalue weighted by atomic mass is 9.76. The summed E-state index contributed by atoms with van der Waals surface area (Å²) in [7, 11) is 3.07. The van der Waals surface area contributed by atoms with E-state index in [0.717, 1.165) is 11.1 Å². The van der Waals surface area contributed by atoms with E-state index in [4.69, 9.17) is 26.8 Å². The molecule has 11 heteroatoms. The quantitative estimate of drug-likeness (QED) is 0.464. The number of halogens is 1. The molecule has 0 aliphatic carbocycles. The molecule has 1 spiro atoms. The number of carbonyl (C=O) groups is 4. The van der Waals surface area contributed by atoms with Gasteiger partial charge in [-0.1, -0.05) is 17.7 Å². The van der Waals surface area contributed by atoms with Gasteiger partial charge in [0.25, 0.3) is 0 Å². The molecule has 2 aromatic rings. The molecule has 10 nitrogen and oxygen atoms in total. The molecule has 37 heavy (non-hydrogen) atoms. The van der Waals surface area contributed by atoms with Crippen LogP contribution in [0.1, 0.15) is 23.1 Å². The van der Waals surface area contributed by atoms with Crippen molar-refractivity contribution in [2.75, 3.05) is 26.1 Å². The molecule has 0 radical (unpaired) electrons. The number of imide groups is 1. The number of nitrogens with one attached hydrogen (secondary N) is 2. The van der Waals surface area contributed by atoms with E-state index in [-0.39, 0.29) is 13.0 Å². The van der Waals surface area contributed by atoms with Crippen LogP contribution in [0.4, 0.5) is 5.69 Å². The highest BCUT2D eigenvalue weighted by molar-refractivity contribution is 6.31. The van der Waals surface area contributed by atoms with Crippen LogP contribution in [0, 0.1) is 18.8 Å². The van der Waals surface area contributed by atoms with E-state index in [0.29, 0.717) is 34.2 Å². The number of ether oxygens (including phenoxy) is 2. The molecule has 194 valence electrons. The summed E-state index contributed by atoms with van der Waals surface area (Å²) in [6, 6.07) is 7.92. The number of aryl methyl sites for hydroxylation is 1. The fraction of sp³-hybridized carbons (Fsp3) is 0.385. The van der Waals surface area contributed by atoms with Crippen molar-refractivity contribution < 1.29 is 28.7 Å². The summed E-state index contributed by atoms with van der Waals surface area (Å²) in [5, 5.41) is 6.43. The van der Waals surface area contributed by atoms with Crippen molar-refractivity contribution in [1.29, 1.82) is 0 Å². The first-order valence-corrected chi connectivity index (χ1v) is 12.2. The van der Waals surface area contributed by atoms with Crippen LogP contribution in [0.15, 0.2) is 30.3 Å². The molecule has 0 aromatic heterocycles. The average molecular weight is 527 g/mol. The van der Waals surface area contributed by atoms with E-state index < -0.39 is 47.0 Å². The van der Waals surface area contributed by atoms with Crippen LogP contribution in [-0.4, -0.2) is 55.3 Å². The highest BCUT2D eigenvalue weighted by Crippen LogP contribution is 2.54. The van der Waals surface area contributed by atoms with Gasteiger partial charge in [0.05, 0.1) is 26.1 Å². The zero-order chi connectivity index (χ0) is 26.6. The highest BCUT2D eigenvalue weighted by atomic mass is 35.5. The number of fused-ring (bicyclic) bond motifs is 4.